The van der Waals surface area contributed by atoms with Gasteiger partial charge in [-0.25, -0.2) is 4.98 Å². The third-order valence-corrected chi connectivity index (χ3v) is 2.05. The first-order valence-electron chi connectivity index (χ1n) is 5.45. The number of hydrogen-bond donors (Lipinski definition) is 0. The lowest BCUT2D eigenvalue weighted by atomic mass is 10.3. The van der Waals surface area contributed by atoms with E-state index in [4.69, 9.17) is 16.3 Å². The first kappa shape index (κ1) is 14.2. The van der Waals surface area contributed by atoms with Gasteiger partial charge in [-0.1, -0.05) is 17.7 Å². The number of nitrogens with zero attached hydrogens (tertiary/aromatic N) is 2. The molecule has 0 unspecified atom stereocenters. The van der Waals surface area contributed by atoms with Crippen LogP contribution >= 0.6 is 11.6 Å². The van der Waals surface area contributed by atoms with Crippen molar-refractivity contribution in [2.24, 2.45) is 0 Å². The molecular weight excluding hydrogens is 248 g/mol. The first-order chi connectivity index (χ1) is 8.65. The smallest absolute Gasteiger partial charge is 0.237 e. The lowest BCUT2D eigenvalue weighted by Crippen LogP contribution is -1.90. The van der Waals surface area contributed by atoms with Crippen LogP contribution in [0.1, 0.15) is 12.6 Å². The standard InChI is InChI=1S/C11H9ClN2O.C3H6/c1-8-6-14-11(7-13-8)15-10-4-2-9(12)3-5-10;1-3-2/h2-7H,1H3;3H,1H2,2H3. The van der Waals surface area contributed by atoms with Crippen molar-refractivity contribution in [1.82, 2.24) is 9.97 Å². The maximum atomic E-state index is 5.75. The van der Waals surface area contributed by atoms with Gasteiger partial charge < -0.3 is 4.74 Å². The molecule has 0 spiro atoms. The highest BCUT2D eigenvalue weighted by Crippen LogP contribution is 2.20. The highest BCUT2D eigenvalue weighted by atomic mass is 35.5. The van der Waals surface area contributed by atoms with Gasteiger partial charge in [0.2, 0.25) is 5.88 Å². The van der Waals surface area contributed by atoms with Crippen LogP contribution in [0.15, 0.2) is 49.3 Å². The van der Waals surface area contributed by atoms with E-state index in [1.807, 2.05) is 13.8 Å². The first-order valence-corrected chi connectivity index (χ1v) is 5.82. The molecule has 1 aromatic heterocycles. The lowest BCUT2D eigenvalue weighted by Gasteiger charge is -2.03. The number of ether oxygens (including phenoxy) is 1. The molecule has 4 heteroatoms. The summed E-state index contributed by atoms with van der Waals surface area (Å²) < 4.78 is 5.46. The second-order valence-corrected chi connectivity index (χ2v) is 3.90. The van der Waals surface area contributed by atoms with Gasteiger partial charge in [-0.2, -0.15) is 0 Å². The van der Waals surface area contributed by atoms with Gasteiger partial charge in [0, 0.05) is 5.02 Å². The van der Waals surface area contributed by atoms with Gasteiger partial charge in [-0.05, 0) is 38.1 Å². The van der Waals surface area contributed by atoms with Crippen molar-refractivity contribution in [2.75, 3.05) is 0 Å². The molecule has 0 fully saturated rings. The van der Waals surface area contributed by atoms with E-state index in [0.717, 1.165) is 5.69 Å². The van der Waals surface area contributed by atoms with Gasteiger partial charge in [-0.15, -0.1) is 6.58 Å². The van der Waals surface area contributed by atoms with Crippen LogP contribution in [-0.2, 0) is 0 Å². The fourth-order valence-electron chi connectivity index (χ4n) is 1.06. The van der Waals surface area contributed by atoms with Crippen molar-refractivity contribution in [3.05, 3.63) is 60.0 Å². The number of aryl methyl sites for hydroxylation is 1. The van der Waals surface area contributed by atoms with Gasteiger partial charge in [0.15, 0.2) is 0 Å². The molecule has 2 aromatic rings. The number of allylic oxidation sites excluding steroid dienone is 1. The molecule has 0 radical (unpaired) electrons. The molecule has 3 nitrogen and oxygen atoms in total. The Bertz CT molecular complexity index is 437. The Morgan fingerprint density at radius 1 is 1.17 bits per heavy atom. The summed E-state index contributed by atoms with van der Waals surface area (Å²) in [4.78, 5) is 8.16. The summed E-state index contributed by atoms with van der Waals surface area (Å²) in [5.74, 6) is 1.17. The van der Waals surface area contributed by atoms with Crippen LogP contribution in [0.2, 0.25) is 5.02 Å². The van der Waals surface area contributed by atoms with Crippen LogP contribution in [-0.4, -0.2) is 9.97 Å². The minimum Gasteiger partial charge on any atom is -0.438 e. The summed E-state index contributed by atoms with van der Waals surface area (Å²) in [5, 5.41) is 0.678. The molecule has 0 aliphatic carbocycles. The zero-order valence-electron chi connectivity index (χ0n) is 10.4. The van der Waals surface area contributed by atoms with Crippen LogP contribution in [0.3, 0.4) is 0 Å². The number of benzene rings is 1. The van der Waals surface area contributed by atoms with E-state index in [1.165, 1.54) is 0 Å². The molecule has 0 aliphatic heterocycles. The molecule has 1 heterocycles. The van der Waals surface area contributed by atoms with Crippen molar-refractivity contribution in [3.8, 4) is 11.6 Å². The molecular formula is C14H15ClN2O. The highest BCUT2D eigenvalue weighted by molar-refractivity contribution is 6.30. The van der Waals surface area contributed by atoms with Gasteiger partial charge >= 0.3 is 0 Å². The van der Waals surface area contributed by atoms with E-state index < -0.39 is 0 Å². The second kappa shape index (κ2) is 7.45. The van der Waals surface area contributed by atoms with E-state index in [0.29, 0.717) is 16.7 Å². The van der Waals surface area contributed by atoms with Crippen LogP contribution in [0.4, 0.5) is 0 Å². The Balaban J connectivity index is 0.000000492. The van der Waals surface area contributed by atoms with Gasteiger partial charge in [0.05, 0.1) is 18.1 Å². The average molecular weight is 263 g/mol. The lowest BCUT2D eigenvalue weighted by molar-refractivity contribution is 0.459. The monoisotopic (exact) mass is 262 g/mol. The van der Waals surface area contributed by atoms with Crippen LogP contribution < -0.4 is 4.74 Å². The fraction of sp³-hybridized carbons (Fsp3) is 0.143. The summed E-state index contributed by atoms with van der Waals surface area (Å²) in [5.41, 5.74) is 0.860. The third kappa shape index (κ3) is 4.97. The van der Waals surface area contributed by atoms with E-state index in [-0.39, 0.29) is 0 Å². The fourth-order valence-corrected chi connectivity index (χ4v) is 1.18. The third-order valence-electron chi connectivity index (χ3n) is 1.79. The molecule has 0 aliphatic rings. The van der Waals surface area contributed by atoms with Crippen molar-refractivity contribution in [1.29, 1.82) is 0 Å². The largest absolute Gasteiger partial charge is 0.438 e. The normalized spacial score (nSPS) is 9.06. The van der Waals surface area contributed by atoms with E-state index in [9.17, 15) is 0 Å². The second-order valence-electron chi connectivity index (χ2n) is 3.46. The van der Waals surface area contributed by atoms with E-state index in [1.54, 1.807) is 42.7 Å². The summed E-state index contributed by atoms with van der Waals surface area (Å²) in [6.07, 6.45) is 5.00. The topological polar surface area (TPSA) is 35.0 Å². The van der Waals surface area contributed by atoms with Gasteiger partial charge in [0.25, 0.3) is 0 Å². The Morgan fingerprint density at radius 3 is 2.28 bits per heavy atom. The van der Waals surface area contributed by atoms with Crippen LogP contribution in [0, 0.1) is 6.92 Å². The zero-order valence-corrected chi connectivity index (χ0v) is 11.2. The Labute approximate surface area is 112 Å². The minimum absolute atomic E-state index is 0.475. The van der Waals surface area contributed by atoms with Gasteiger partial charge in [0.1, 0.15) is 5.75 Å². The van der Waals surface area contributed by atoms with Crippen molar-refractivity contribution in [2.45, 2.75) is 13.8 Å². The predicted octanol–water partition coefficient (Wildman–Crippen LogP) is 4.42. The van der Waals surface area contributed by atoms with E-state index >= 15 is 0 Å². The van der Waals surface area contributed by atoms with Crippen molar-refractivity contribution in [3.63, 3.8) is 0 Å². The summed E-state index contributed by atoms with van der Waals surface area (Å²) >= 11 is 5.75. The average Bonchev–Trinajstić information content (AvgIpc) is 2.36. The number of rotatable bonds is 2. The molecule has 0 saturated carbocycles. The molecule has 18 heavy (non-hydrogen) atoms. The Morgan fingerprint density at radius 2 is 1.78 bits per heavy atom. The maximum absolute atomic E-state index is 5.75. The minimum atomic E-state index is 0.475. The van der Waals surface area contributed by atoms with Crippen LogP contribution in [0.5, 0.6) is 11.6 Å². The molecule has 0 amide bonds. The quantitative estimate of drug-likeness (QED) is 0.752. The van der Waals surface area contributed by atoms with Crippen LogP contribution in [0.25, 0.3) is 0 Å². The Kier molecular flexibility index (Phi) is 5.88. The molecule has 1 aromatic carbocycles. The molecule has 0 atom stereocenters. The maximum Gasteiger partial charge on any atom is 0.237 e. The SMILES string of the molecule is C=CC.Cc1cnc(Oc2ccc(Cl)cc2)cn1. The molecule has 0 bridgehead atoms. The number of hydrogen-bond acceptors (Lipinski definition) is 3. The number of aromatic nitrogens is 2. The Hall–Kier alpha value is -1.87. The van der Waals surface area contributed by atoms with Crippen molar-refractivity contribution < 1.29 is 4.74 Å². The summed E-state index contributed by atoms with van der Waals surface area (Å²) in [6, 6.07) is 7.09. The number of halogens is 1. The summed E-state index contributed by atoms with van der Waals surface area (Å²) in [7, 11) is 0. The molecule has 2 rings (SSSR count). The summed E-state index contributed by atoms with van der Waals surface area (Å²) in [6.45, 7) is 7.12. The highest BCUT2D eigenvalue weighted by Gasteiger charge is 1.98. The van der Waals surface area contributed by atoms with Gasteiger partial charge in [-0.3, -0.25) is 4.98 Å². The van der Waals surface area contributed by atoms with E-state index in [2.05, 4.69) is 16.5 Å². The molecule has 94 valence electrons. The van der Waals surface area contributed by atoms with Crippen molar-refractivity contribution >= 4 is 11.6 Å². The molecule has 0 N–H and O–H groups in total. The predicted molar refractivity (Wildman–Crippen MR) is 74.2 cm³/mol. The molecule has 0 saturated heterocycles. The zero-order chi connectivity index (χ0) is 13.4.